The van der Waals surface area contributed by atoms with Crippen LogP contribution in [0.4, 0.5) is 0 Å². The van der Waals surface area contributed by atoms with Gasteiger partial charge in [-0.1, -0.05) is 60.1 Å². The van der Waals surface area contributed by atoms with Crippen LogP contribution in [0.5, 0.6) is 6.01 Å². The Bertz CT molecular complexity index is 2010. The van der Waals surface area contributed by atoms with Crippen LogP contribution >= 0.6 is 21.0 Å². The Labute approximate surface area is 288 Å². The first-order valence-electron chi connectivity index (χ1n) is 15.6. The summed E-state index contributed by atoms with van der Waals surface area (Å²) in [6, 6.07) is 18.2. The summed E-state index contributed by atoms with van der Waals surface area (Å²) in [6.07, 6.45) is 3.74. The van der Waals surface area contributed by atoms with E-state index in [4.69, 9.17) is 46.2 Å². The Hall–Kier alpha value is -2.97. The highest BCUT2D eigenvalue weighted by atomic mass is 35.5. The van der Waals surface area contributed by atoms with Crippen molar-refractivity contribution in [2.45, 2.75) is 37.7 Å². The smallest absolute Gasteiger partial charge is 0.301 e. The van der Waals surface area contributed by atoms with E-state index < -0.39 is 43.8 Å². The Morgan fingerprint density at radius 1 is 1.02 bits per heavy atom. The van der Waals surface area contributed by atoms with Gasteiger partial charge in [-0.2, -0.15) is 14.4 Å². The first kappa shape index (κ1) is 34.9. The van der Waals surface area contributed by atoms with Crippen LogP contribution in [0.1, 0.15) is 5.56 Å². The van der Waals surface area contributed by atoms with Gasteiger partial charge in [0.2, 0.25) is 0 Å². The number of benzene rings is 2. The molecule has 2 aromatic carbocycles. The van der Waals surface area contributed by atoms with Crippen molar-refractivity contribution in [3.05, 3.63) is 65.2 Å². The van der Waals surface area contributed by atoms with Gasteiger partial charge in [-0.25, -0.2) is 17.9 Å². The molecule has 48 heavy (non-hydrogen) atoms. The molecule has 2 aliphatic rings. The van der Waals surface area contributed by atoms with Crippen molar-refractivity contribution >= 4 is 42.1 Å². The van der Waals surface area contributed by atoms with Crippen molar-refractivity contribution in [2.75, 3.05) is 58.4 Å². The predicted molar refractivity (Wildman–Crippen MR) is 192 cm³/mol. The Balaban J connectivity index is 1.25. The molecule has 1 N–H and O–H groups in total. The van der Waals surface area contributed by atoms with E-state index in [9.17, 15) is 9.32 Å². The van der Waals surface area contributed by atoms with E-state index in [0.29, 0.717) is 41.0 Å². The highest BCUT2D eigenvalue weighted by Gasteiger charge is 2.49. The number of fused-ring (bicyclic) bond motifs is 2. The van der Waals surface area contributed by atoms with Crippen molar-refractivity contribution in [2.24, 2.45) is 4.36 Å². The van der Waals surface area contributed by atoms with E-state index in [1.165, 1.54) is 0 Å². The van der Waals surface area contributed by atoms with E-state index in [1.807, 2.05) is 61.0 Å². The van der Waals surface area contributed by atoms with Gasteiger partial charge < -0.3 is 24.1 Å². The van der Waals surface area contributed by atoms with Crippen molar-refractivity contribution in [3.63, 3.8) is 0 Å². The van der Waals surface area contributed by atoms with Gasteiger partial charge in [0.25, 0.3) is 0 Å². The molecule has 4 aromatic rings. The number of hydrogen-bond donors (Lipinski definition) is 1. The molecule has 0 spiro atoms. The molecule has 11 nitrogen and oxygen atoms in total. The van der Waals surface area contributed by atoms with E-state index in [0.717, 1.165) is 28.0 Å². The lowest BCUT2D eigenvalue weighted by Crippen LogP contribution is -2.35. The van der Waals surface area contributed by atoms with Gasteiger partial charge >= 0.3 is 6.01 Å². The van der Waals surface area contributed by atoms with E-state index in [1.54, 1.807) is 35.3 Å². The van der Waals surface area contributed by atoms with Crippen molar-refractivity contribution in [1.82, 2.24) is 18.8 Å². The summed E-state index contributed by atoms with van der Waals surface area (Å²) in [5.41, 5.74) is 11.9. The van der Waals surface area contributed by atoms with Crippen molar-refractivity contribution in [3.8, 4) is 34.1 Å². The van der Waals surface area contributed by atoms with E-state index in [2.05, 4.69) is 4.36 Å². The van der Waals surface area contributed by atoms with Crippen LogP contribution in [0.3, 0.4) is 0 Å². The molecule has 2 aliphatic heterocycles. The maximum absolute atomic E-state index is 12.5. The quantitative estimate of drug-likeness (QED) is 0.215. The van der Waals surface area contributed by atoms with Crippen LogP contribution in [0.25, 0.3) is 33.5 Å². The highest BCUT2D eigenvalue weighted by molar-refractivity contribution is 8.22. The zero-order valence-electron chi connectivity index (χ0n) is 27.7. The van der Waals surface area contributed by atoms with Gasteiger partial charge in [0, 0.05) is 31.7 Å². The number of aliphatic hydroxyl groups is 1. The fourth-order valence-corrected chi connectivity index (χ4v) is 6.88. The summed E-state index contributed by atoms with van der Waals surface area (Å²) in [7, 11) is -0.0773. The lowest BCUT2D eigenvalue weighted by atomic mass is 10.0. The van der Waals surface area contributed by atoms with Gasteiger partial charge in [0.15, 0.2) is 11.8 Å². The first-order chi connectivity index (χ1) is 22.8. The van der Waals surface area contributed by atoms with E-state index in [-0.39, 0.29) is 19.9 Å². The molecule has 0 radical (unpaired) electrons. The highest BCUT2D eigenvalue weighted by Crippen LogP contribution is 2.35. The van der Waals surface area contributed by atoms with Crippen molar-refractivity contribution in [1.29, 1.82) is 0 Å². The zero-order chi connectivity index (χ0) is 34.2. The summed E-state index contributed by atoms with van der Waals surface area (Å²) in [6.45, 7) is 1.46. The summed E-state index contributed by atoms with van der Waals surface area (Å²) in [5.74, 6) is 0.744. The molecule has 0 amide bonds. The van der Waals surface area contributed by atoms with Crippen LogP contribution in [0.15, 0.2) is 59.0 Å². The van der Waals surface area contributed by atoms with Gasteiger partial charge in [-0.3, -0.25) is 4.57 Å². The minimum Gasteiger partial charge on any atom is -0.456 e. The zero-order valence-corrected chi connectivity index (χ0v) is 30.1. The number of rotatable bonds is 11. The lowest BCUT2D eigenvalue weighted by Gasteiger charge is -2.18. The standard InChI is InChI=1S/C34H42ClN5O6S2/c1-39(2)48(6,42)36-18-22-7-9-23(10-8-22)24-11-13-25(14-12-24)30-26(35)17-27-33(38-30)40(21-43-15-16-47(3,4)5)34(37-27)46-29-20-45-31-28(41)19-44-32(29)31/h3,7-14,17,28-29,31-32,41H,15-16,18-21H2,1-2,4-6H3/t28-,29-,31-,32-,48?/m1/s1. The van der Waals surface area contributed by atoms with Crippen LogP contribution in [0.2, 0.25) is 5.02 Å². The number of nitrogens with zero attached hydrogens (tertiary/aromatic N) is 5. The number of halogens is 1. The lowest BCUT2D eigenvalue weighted by molar-refractivity contribution is 0.00344. The molecular formula is C34H42ClN5O6S2. The number of ether oxygens (including phenoxy) is 4. The molecule has 0 saturated carbocycles. The second-order valence-corrected chi connectivity index (χ2v) is 19.4. The predicted octanol–water partition coefficient (Wildman–Crippen LogP) is 5.03. The molecule has 1 unspecified atom stereocenters. The summed E-state index contributed by atoms with van der Waals surface area (Å²) >= 11 is 6.80. The molecule has 2 aromatic heterocycles. The topological polar surface area (TPSA) is 121 Å². The fourth-order valence-electron chi connectivity index (χ4n) is 5.46. The molecule has 0 bridgehead atoms. The molecule has 4 heterocycles. The molecule has 2 saturated heterocycles. The molecule has 258 valence electrons. The van der Waals surface area contributed by atoms with Gasteiger partial charge in [0.1, 0.15) is 40.5 Å². The van der Waals surface area contributed by atoms with Gasteiger partial charge in [-0.05, 0) is 35.3 Å². The largest absolute Gasteiger partial charge is 0.456 e. The Kier molecular flexibility index (Phi) is 10.2. The third-order valence-electron chi connectivity index (χ3n) is 8.46. The Morgan fingerprint density at radius 2 is 1.67 bits per heavy atom. The molecule has 5 atom stereocenters. The average molecular weight is 716 g/mol. The first-order valence-corrected chi connectivity index (χ1v) is 20.5. The van der Waals surface area contributed by atoms with Crippen molar-refractivity contribution < 1.29 is 28.3 Å². The average Bonchev–Trinajstić information content (AvgIpc) is 3.72. The summed E-state index contributed by atoms with van der Waals surface area (Å²) < 4.78 is 44.2. The van der Waals surface area contributed by atoms with E-state index >= 15 is 0 Å². The number of aromatic nitrogens is 3. The van der Waals surface area contributed by atoms with Gasteiger partial charge in [-0.15, -0.1) is 5.69 Å². The maximum Gasteiger partial charge on any atom is 0.301 e. The van der Waals surface area contributed by atoms with Crippen LogP contribution in [-0.4, -0.2) is 111 Å². The van der Waals surface area contributed by atoms with Crippen LogP contribution < -0.4 is 4.74 Å². The van der Waals surface area contributed by atoms with Crippen LogP contribution in [0, 0.1) is 5.69 Å². The summed E-state index contributed by atoms with van der Waals surface area (Å²) in [4.78, 5) is 9.69. The third kappa shape index (κ3) is 7.75. The third-order valence-corrected chi connectivity index (χ3v) is 11.9. The van der Waals surface area contributed by atoms with Gasteiger partial charge in [0.05, 0.1) is 37.1 Å². The molecule has 0 aliphatic carbocycles. The molecular weight excluding hydrogens is 674 g/mol. The van der Waals surface area contributed by atoms with Crippen LogP contribution in [-0.2, 0) is 37.4 Å². The molecule has 2 fully saturated rings. The fraction of sp³-hybridized carbons (Fsp3) is 0.441. The SMILES string of the molecule is C#S(C)(C)CCOCn1c(O[C@@H]2CO[C@H]3[C@@H]2OC[C@H]3O)nc2cc(Cl)c(-c3ccc(-c4ccc(CN=S(C)(=O)N(C)C)cc4)cc3)nc21. The monoisotopic (exact) mass is 715 g/mol. The number of hydrogen-bond acceptors (Lipinski definition) is 9. The summed E-state index contributed by atoms with van der Waals surface area (Å²) in [5, 5.41) is 10.6. The number of imidazole rings is 1. The Morgan fingerprint density at radius 3 is 2.33 bits per heavy atom. The molecule has 14 heteroatoms. The minimum atomic E-state index is -2.38. The second kappa shape index (κ2) is 14.1. The second-order valence-electron chi connectivity index (χ2n) is 12.8. The normalized spacial score (nSPS) is 22.2. The minimum absolute atomic E-state index is 0.146. The number of pyridine rings is 1. The molecule has 6 rings (SSSR count). The maximum atomic E-state index is 12.5. The number of aliphatic hydroxyl groups excluding tert-OH is 1.